The maximum Gasteiger partial charge on any atom is 0.227 e. The van der Waals surface area contributed by atoms with Gasteiger partial charge in [-0.3, -0.25) is 0 Å². The molecule has 11 aromatic rings. The van der Waals surface area contributed by atoms with Crippen LogP contribution in [0.4, 0.5) is 17.1 Å². The second kappa shape index (κ2) is 15.1. The Morgan fingerprint density at radius 2 is 0.850 bits per heavy atom. The molecule has 0 N–H and O–H groups in total. The van der Waals surface area contributed by atoms with E-state index in [1.165, 1.54) is 27.8 Å². The van der Waals surface area contributed by atoms with Crippen molar-refractivity contribution in [2.45, 2.75) is 0 Å². The standard InChI is InChI=1S/C57H38N2O/c1-4-13-39(14-5-1)40-25-31-48(32-26-40)59(50-20-12-19-46(38-50)52-22-11-10-21-51(52)42-15-6-2-7-16-42)49-33-27-41(28-34-49)45-29-35-53-47(37-45)24-23-43-30-36-54-56(55(43)53)60-57(58-54)44-17-8-3-9-18-44/h1-38H. The molecule has 11 rings (SSSR count). The Morgan fingerprint density at radius 3 is 1.53 bits per heavy atom. The summed E-state index contributed by atoms with van der Waals surface area (Å²) < 4.78 is 6.47. The van der Waals surface area contributed by atoms with Crippen molar-refractivity contribution in [2.75, 3.05) is 4.90 Å². The molecule has 10 aromatic carbocycles. The summed E-state index contributed by atoms with van der Waals surface area (Å²) in [5.74, 6) is 0.636. The number of oxazole rings is 1. The maximum atomic E-state index is 6.47. The SMILES string of the molecule is c1ccc(-c2ccc(N(c3ccc(-c4ccc5c(ccc6ccc7nc(-c8ccccc8)oc7c65)c4)cc3)c3cccc(-c4ccccc4-c4ccccc4)c3)cc2)cc1. The van der Waals surface area contributed by atoms with E-state index in [2.05, 4.69) is 205 Å². The van der Waals surface area contributed by atoms with Crippen LogP contribution in [0.2, 0.25) is 0 Å². The molecule has 0 saturated carbocycles. The first-order chi connectivity index (χ1) is 29.7. The fourth-order valence-electron chi connectivity index (χ4n) is 8.52. The molecule has 0 aliphatic rings. The molecule has 0 saturated heterocycles. The average Bonchev–Trinajstić information content (AvgIpc) is 3.78. The van der Waals surface area contributed by atoms with Gasteiger partial charge in [0.2, 0.25) is 5.89 Å². The lowest BCUT2D eigenvalue weighted by Gasteiger charge is -2.26. The van der Waals surface area contributed by atoms with Gasteiger partial charge in [-0.05, 0) is 121 Å². The van der Waals surface area contributed by atoms with E-state index in [0.29, 0.717) is 5.89 Å². The highest BCUT2D eigenvalue weighted by atomic mass is 16.3. The maximum absolute atomic E-state index is 6.47. The van der Waals surface area contributed by atoms with Gasteiger partial charge >= 0.3 is 0 Å². The molecule has 0 radical (unpaired) electrons. The zero-order chi connectivity index (χ0) is 39.8. The molecular weight excluding hydrogens is 729 g/mol. The summed E-state index contributed by atoms with van der Waals surface area (Å²) in [6.07, 6.45) is 0. The van der Waals surface area contributed by atoms with Crippen LogP contribution in [0.25, 0.3) is 88.6 Å². The number of aromatic nitrogens is 1. The van der Waals surface area contributed by atoms with E-state index in [1.54, 1.807) is 0 Å². The molecule has 282 valence electrons. The molecule has 1 heterocycles. The summed E-state index contributed by atoms with van der Waals surface area (Å²) >= 11 is 0. The summed E-state index contributed by atoms with van der Waals surface area (Å²) in [6.45, 7) is 0. The Balaban J connectivity index is 0.978. The zero-order valence-corrected chi connectivity index (χ0v) is 32.7. The summed E-state index contributed by atoms with van der Waals surface area (Å²) in [5.41, 5.74) is 15.4. The van der Waals surface area contributed by atoms with Crippen molar-refractivity contribution in [1.29, 1.82) is 0 Å². The van der Waals surface area contributed by atoms with Crippen molar-refractivity contribution < 1.29 is 4.42 Å². The highest BCUT2D eigenvalue weighted by molar-refractivity contribution is 6.18. The normalized spacial score (nSPS) is 11.3. The van der Waals surface area contributed by atoms with E-state index in [-0.39, 0.29) is 0 Å². The smallest absolute Gasteiger partial charge is 0.227 e. The first kappa shape index (κ1) is 35.2. The van der Waals surface area contributed by atoms with Crippen LogP contribution in [0, 0.1) is 0 Å². The minimum atomic E-state index is 0.636. The lowest BCUT2D eigenvalue weighted by molar-refractivity contribution is 0.623. The van der Waals surface area contributed by atoms with E-state index in [1.807, 2.05) is 30.3 Å². The number of nitrogens with zero attached hydrogens (tertiary/aromatic N) is 2. The van der Waals surface area contributed by atoms with Gasteiger partial charge in [-0.1, -0.05) is 170 Å². The fraction of sp³-hybridized carbons (Fsp3) is 0. The van der Waals surface area contributed by atoms with Crippen LogP contribution in [0.5, 0.6) is 0 Å². The first-order valence-corrected chi connectivity index (χ1v) is 20.4. The first-order valence-electron chi connectivity index (χ1n) is 20.4. The van der Waals surface area contributed by atoms with Crippen molar-refractivity contribution in [3.63, 3.8) is 0 Å². The average molecular weight is 767 g/mol. The molecule has 3 nitrogen and oxygen atoms in total. The predicted octanol–water partition coefficient (Wildman–Crippen LogP) is 15.9. The molecule has 1 aromatic heterocycles. The van der Waals surface area contributed by atoms with E-state index in [9.17, 15) is 0 Å². The van der Waals surface area contributed by atoms with Crippen molar-refractivity contribution in [2.24, 2.45) is 0 Å². The van der Waals surface area contributed by atoms with Crippen molar-refractivity contribution in [1.82, 2.24) is 4.98 Å². The van der Waals surface area contributed by atoms with Crippen LogP contribution in [0.3, 0.4) is 0 Å². The molecule has 3 heteroatoms. The number of anilines is 3. The van der Waals surface area contributed by atoms with Crippen LogP contribution in [-0.4, -0.2) is 4.98 Å². The van der Waals surface area contributed by atoms with Crippen molar-refractivity contribution in [3.8, 4) is 56.0 Å². The summed E-state index contributed by atoms with van der Waals surface area (Å²) in [5, 5.41) is 4.52. The molecule has 0 aliphatic heterocycles. The van der Waals surface area contributed by atoms with Crippen LogP contribution in [0.1, 0.15) is 0 Å². The summed E-state index contributed by atoms with van der Waals surface area (Å²) in [4.78, 5) is 7.21. The third-order valence-corrected chi connectivity index (χ3v) is 11.5. The van der Waals surface area contributed by atoms with E-state index < -0.39 is 0 Å². The molecule has 0 bridgehead atoms. The summed E-state index contributed by atoms with van der Waals surface area (Å²) in [6, 6.07) is 82.0. The third-order valence-electron chi connectivity index (χ3n) is 11.5. The van der Waals surface area contributed by atoms with Gasteiger partial charge in [-0.15, -0.1) is 0 Å². The molecule has 0 unspecified atom stereocenters. The fourth-order valence-corrected chi connectivity index (χ4v) is 8.52. The molecule has 0 fully saturated rings. The van der Waals surface area contributed by atoms with E-state index >= 15 is 0 Å². The molecule has 0 atom stereocenters. The minimum absolute atomic E-state index is 0.636. The largest absolute Gasteiger partial charge is 0.435 e. The molecular formula is C57H38N2O. The summed E-state index contributed by atoms with van der Waals surface area (Å²) in [7, 11) is 0. The van der Waals surface area contributed by atoms with Gasteiger partial charge in [0, 0.05) is 28.0 Å². The van der Waals surface area contributed by atoms with Crippen LogP contribution < -0.4 is 4.90 Å². The monoisotopic (exact) mass is 766 g/mol. The second-order valence-electron chi connectivity index (χ2n) is 15.2. The lowest BCUT2D eigenvalue weighted by atomic mass is 9.94. The highest BCUT2D eigenvalue weighted by Gasteiger charge is 2.17. The number of hydrogen-bond acceptors (Lipinski definition) is 3. The van der Waals surface area contributed by atoms with E-state index in [0.717, 1.165) is 72.0 Å². The molecule has 60 heavy (non-hydrogen) atoms. The lowest BCUT2D eigenvalue weighted by Crippen LogP contribution is -2.10. The van der Waals surface area contributed by atoms with Gasteiger partial charge in [0.15, 0.2) is 5.58 Å². The predicted molar refractivity (Wildman–Crippen MR) is 251 cm³/mol. The Hall–Kier alpha value is -8.01. The number of hydrogen-bond donors (Lipinski definition) is 0. The minimum Gasteiger partial charge on any atom is -0.435 e. The molecule has 0 aliphatic carbocycles. The van der Waals surface area contributed by atoms with Crippen molar-refractivity contribution >= 4 is 49.7 Å². The quantitative estimate of drug-likeness (QED) is 0.144. The van der Waals surface area contributed by atoms with Crippen molar-refractivity contribution in [3.05, 3.63) is 231 Å². The van der Waals surface area contributed by atoms with Crippen LogP contribution >= 0.6 is 0 Å². The third kappa shape index (κ3) is 6.49. The van der Waals surface area contributed by atoms with Gasteiger partial charge in [0.1, 0.15) is 5.52 Å². The number of rotatable bonds is 8. The van der Waals surface area contributed by atoms with E-state index in [4.69, 9.17) is 9.40 Å². The van der Waals surface area contributed by atoms with Crippen LogP contribution in [0.15, 0.2) is 235 Å². The Bertz CT molecular complexity index is 3280. The number of fused-ring (bicyclic) bond motifs is 5. The van der Waals surface area contributed by atoms with Gasteiger partial charge in [-0.25, -0.2) is 4.98 Å². The second-order valence-corrected chi connectivity index (χ2v) is 15.2. The molecule has 0 spiro atoms. The van der Waals surface area contributed by atoms with Gasteiger partial charge < -0.3 is 9.32 Å². The Kier molecular flexibility index (Phi) is 8.83. The zero-order valence-electron chi connectivity index (χ0n) is 32.7. The Labute approximate surface area is 349 Å². The number of benzene rings is 10. The Morgan fingerprint density at radius 1 is 0.333 bits per heavy atom. The van der Waals surface area contributed by atoms with Gasteiger partial charge in [0.25, 0.3) is 0 Å². The molecule has 0 amide bonds. The topological polar surface area (TPSA) is 29.3 Å². The van der Waals surface area contributed by atoms with Crippen LogP contribution in [-0.2, 0) is 0 Å². The van der Waals surface area contributed by atoms with Gasteiger partial charge in [-0.2, -0.15) is 0 Å². The highest BCUT2D eigenvalue weighted by Crippen LogP contribution is 2.41. The van der Waals surface area contributed by atoms with Gasteiger partial charge in [0.05, 0.1) is 0 Å².